The molecular weight excluding hydrogens is 398 g/mol. The highest BCUT2D eigenvalue weighted by Crippen LogP contribution is 2.17. The van der Waals surface area contributed by atoms with Gasteiger partial charge in [-0.2, -0.15) is 0 Å². The number of pyridine rings is 1. The fourth-order valence-electron chi connectivity index (χ4n) is 3.41. The molecule has 5 heteroatoms. The Morgan fingerprint density at radius 1 is 0.938 bits per heavy atom. The Hall–Kier alpha value is -4.25. The highest BCUT2D eigenvalue weighted by atomic mass is 16.1. The summed E-state index contributed by atoms with van der Waals surface area (Å²) in [5.74, 6) is -0.191. The van der Waals surface area contributed by atoms with Crippen molar-refractivity contribution in [1.82, 2.24) is 10.3 Å². The molecule has 158 valence electrons. The second kappa shape index (κ2) is 9.71. The second-order valence-corrected chi connectivity index (χ2v) is 7.53. The van der Waals surface area contributed by atoms with Crippen LogP contribution in [0.4, 0.5) is 5.69 Å². The van der Waals surface area contributed by atoms with Crippen LogP contribution in [-0.2, 0) is 17.8 Å². The van der Waals surface area contributed by atoms with Crippen LogP contribution in [0.5, 0.6) is 0 Å². The predicted octanol–water partition coefficient (Wildman–Crippen LogP) is 4.57. The molecule has 4 rings (SSSR count). The minimum atomic E-state index is -0.175. The molecule has 0 unspecified atom stereocenters. The summed E-state index contributed by atoms with van der Waals surface area (Å²) in [6.45, 7) is 0.382. The molecule has 4 aromatic rings. The molecule has 1 amide bonds. The number of anilines is 1. The van der Waals surface area contributed by atoms with Crippen molar-refractivity contribution in [2.24, 2.45) is 0 Å². The molecule has 1 heterocycles. The summed E-state index contributed by atoms with van der Waals surface area (Å²) in [6, 6.07) is 23.2. The number of aromatic nitrogens is 1. The van der Waals surface area contributed by atoms with Crippen LogP contribution in [0.3, 0.4) is 0 Å². The van der Waals surface area contributed by atoms with Crippen LogP contribution in [0.15, 0.2) is 91.3 Å². The summed E-state index contributed by atoms with van der Waals surface area (Å²) in [4.78, 5) is 28.6. The molecule has 5 nitrogen and oxygen atoms in total. The molecule has 0 atom stereocenters. The summed E-state index contributed by atoms with van der Waals surface area (Å²) >= 11 is 0. The average molecular weight is 422 g/mol. The standard InChI is InChI=1S/C27H23N3O2/c28-25-18-29-14-13-24(25)16-26(31)22-10-6-20(7-11-22)17-30-27(32)12-8-19-5-9-21-3-1-2-4-23(21)15-19/h1-15,18H,16-17,28H2,(H,30,32)/b12-8+. The van der Waals surface area contributed by atoms with Gasteiger partial charge in [0.05, 0.1) is 11.9 Å². The van der Waals surface area contributed by atoms with Gasteiger partial charge in [-0.1, -0.05) is 60.7 Å². The van der Waals surface area contributed by atoms with E-state index >= 15 is 0 Å². The first-order valence-electron chi connectivity index (χ1n) is 10.3. The first-order chi connectivity index (χ1) is 15.6. The molecule has 0 bridgehead atoms. The Morgan fingerprint density at radius 3 is 2.50 bits per heavy atom. The van der Waals surface area contributed by atoms with Gasteiger partial charge in [-0.25, -0.2) is 0 Å². The predicted molar refractivity (Wildman–Crippen MR) is 128 cm³/mol. The number of carbonyl (C=O) groups excluding carboxylic acids is 2. The zero-order valence-electron chi connectivity index (χ0n) is 17.5. The molecule has 3 aromatic carbocycles. The number of benzene rings is 3. The van der Waals surface area contributed by atoms with E-state index in [9.17, 15) is 9.59 Å². The molecule has 0 fully saturated rings. The summed E-state index contributed by atoms with van der Waals surface area (Å²) < 4.78 is 0. The average Bonchev–Trinajstić information content (AvgIpc) is 2.83. The van der Waals surface area contributed by atoms with Crippen LogP contribution in [0.25, 0.3) is 16.8 Å². The molecule has 0 aliphatic rings. The summed E-state index contributed by atoms with van der Waals surface area (Å²) in [7, 11) is 0. The van der Waals surface area contributed by atoms with Gasteiger partial charge in [0.1, 0.15) is 0 Å². The topological polar surface area (TPSA) is 85.1 Å². The minimum Gasteiger partial charge on any atom is -0.397 e. The first kappa shape index (κ1) is 21.0. The number of Topliss-reactive ketones (excluding diaryl/α,β-unsaturated/α-hetero) is 1. The Balaban J connectivity index is 1.31. The van der Waals surface area contributed by atoms with Gasteiger partial charge in [0.25, 0.3) is 0 Å². The number of nitrogens with two attached hydrogens (primary N) is 1. The van der Waals surface area contributed by atoms with E-state index in [1.807, 2.05) is 42.5 Å². The number of carbonyl (C=O) groups is 2. The van der Waals surface area contributed by atoms with Crippen molar-refractivity contribution >= 4 is 34.2 Å². The van der Waals surface area contributed by atoms with Gasteiger partial charge in [0.2, 0.25) is 5.91 Å². The van der Waals surface area contributed by atoms with E-state index < -0.39 is 0 Å². The SMILES string of the molecule is Nc1cnccc1CC(=O)c1ccc(CNC(=O)/C=C/c2ccc3ccccc3c2)cc1. The van der Waals surface area contributed by atoms with Crippen LogP contribution in [0.2, 0.25) is 0 Å². The van der Waals surface area contributed by atoms with Crippen molar-refractivity contribution in [3.63, 3.8) is 0 Å². The number of nitrogens with one attached hydrogen (secondary N) is 1. The van der Waals surface area contributed by atoms with E-state index in [0.29, 0.717) is 17.8 Å². The third kappa shape index (κ3) is 5.26. The lowest BCUT2D eigenvalue weighted by Gasteiger charge is -2.06. The van der Waals surface area contributed by atoms with Gasteiger partial charge in [-0.3, -0.25) is 14.6 Å². The molecule has 0 radical (unpaired) electrons. The third-order valence-electron chi connectivity index (χ3n) is 5.24. The van der Waals surface area contributed by atoms with Gasteiger partial charge in [0, 0.05) is 30.8 Å². The summed E-state index contributed by atoms with van der Waals surface area (Å²) in [5.41, 5.74) is 9.63. The smallest absolute Gasteiger partial charge is 0.244 e. The van der Waals surface area contributed by atoms with Crippen LogP contribution in [0, 0.1) is 0 Å². The number of nitrogens with zero attached hydrogens (tertiary/aromatic N) is 1. The van der Waals surface area contributed by atoms with E-state index in [4.69, 9.17) is 5.73 Å². The fourth-order valence-corrected chi connectivity index (χ4v) is 3.41. The Labute approximate surface area is 186 Å². The summed E-state index contributed by atoms with van der Waals surface area (Å²) in [6.07, 6.45) is 6.72. The Bertz CT molecular complexity index is 1290. The highest BCUT2D eigenvalue weighted by Gasteiger charge is 2.09. The van der Waals surface area contributed by atoms with Crippen LogP contribution < -0.4 is 11.1 Å². The normalized spacial score (nSPS) is 11.0. The molecule has 0 saturated heterocycles. The maximum absolute atomic E-state index is 12.5. The van der Waals surface area contributed by atoms with E-state index in [2.05, 4.69) is 22.4 Å². The Kier molecular flexibility index (Phi) is 6.37. The number of amides is 1. The molecule has 0 saturated carbocycles. The number of ketones is 1. The number of fused-ring (bicyclic) bond motifs is 1. The lowest BCUT2D eigenvalue weighted by atomic mass is 10.0. The lowest BCUT2D eigenvalue weighted by Crippen LogP contribution is -2.20. The largest absolute Gasteiger partial charge is 0.397 e. The molecule has 0 spiro atoms. The maximum atomic E-state index is 12.5. The lowest BCUT2D eigenvalue weighted by molar-refractivity contribution is -0.116. The van der Waals surface area contributed by atoms with Crippen molar-refractivity contribution in [3.8, 4) is 0 Å². The number of rotatable bonds is 7. The molecule has 32 heavy (non-hydrogen) atoms. The van der Waals surface area contributed by atoms with Crippen LogP contribution in [-0.4, -0.2) is 16.7 Å². The molecular formula is C27H23N3O2. The van der Waals surface area contributed by atoms with E-state index in [0.717, 1.165) is 22.1 Å². The quantitative estimate of drug-likeness (QED) is 0.338. The Morgan fingerprint density at radius 2 is 1.72 bits per heavy atom. The number of nitrogen functional groups attached to an aromatic ring is 1. The van der Waals surface area contributed by atoms with Gasteiger partial charge < -0.3 is 11.1 Å². The zero-order valence-corrected chi connectivity index (χ0v) is 17.5. The number of hydrogen-bond acceptors (Lipinski definition) is 4. The molecule has 0 aliphatic heterocycles. The minimum absolute atomic E-state index is 0.0168. The monoisotopic (exact) mass is 421 g/mol. The molecule has 1 aromatic heterocycles. The van der Waals surface area contributed by atoms with Crippen molar-refractivity contribution in [2.75, 3.05) is 5.73 Å². The third-order valence-corrected chi connectivity index (χ3v) is 5.24. The molecule has 3 N–H and O–H groups in total. The van der Waals surface area contributed by atoms with Gasteiger partial charge in [-0.05, 0) is 45.7 Å². The van der Waals surface area contributed by atoms with E-state index in [1.165, 1.54) is 11.5 Å². The van der Waals surface area contributed by atoms with Crippen molar-refractivity contribution in [1.29, 1.82) is 0 Å². The van der Waals surface area contributed by atoms with Crippen LogP contribution >= 0.6 is 0 Å². The summed E-state index contributed by atoms with van der Waals surface area (Å²) in [5, 5.41) is 5.17. The fraction of sp³-hybridized carbons (Fsp3) is 0.0741. The highest BCUT2D eigenvalue weighted by molar-refractivity contribution is 5.98. The number of hydrogen-bond donors (Lipinski definition) is 2. The van der Waals surface area contributed by atoms with Crippen molar-refractivity contribution < 1.29 is 9.59 Å². The van der Waals surface area contributed by atoms with Crippen molar-refractivity contribution in [3.05, 3.63) is 114 Å². The van der Waals surface area contributed by atoms with Crippen molar-refractivity contribution in [2.45, 2.75) is 13.0 Å². The van der Waals surface area contributed by atoms with E-state index in [-0.39, 0.29) is 18.1 Å². The zero-order chi connectivity index (χ0) is 22.3. The van der Waals surface area contributed by atoms with Crippen LogP contribution in [0.1, 0.15) is 27.0 Å². The second-order valence-electron chi connectivity index (χ2n) is 7.53. The van der Waals surface area contributed by atoms with E-state index in [1.54, 1.807) is 36.7 Å². The van der Waals surface area contributed by atoms with Gasteiger partial charge in [-0.15, -0.1) is 0 Å². The van der Waals surface area contributed by atoms with Gasteiger partial charge in [0.15, 0.2) is 5.78 Å². The maximum Gasteiger partial charge on any atom is 0.244 e. The first-order valence-corrected chi connectivity index (χ1v) is 10.3. The molecule has 0 aliphatic carbocycles. The van der Waals surface area contributed by atoms with Gasteiger partial charge >= 0.3 is 0 Å².